The number of benzene rings is 4. The zero-order chi connectivity index (χ0) is 37.2. The Kier molecular flexibility index (Phi) is 13.3. The fraction of sp³-hybridized carbons (Fsp3) is 0.333. The molecule has 8 heteroatoms. The van der Waals surface area contributed by atoms with Crippen LogP contribution in [0.4, 0.5) is 0 Å². The third-order valence-corrected chi connectivity index (χ3v) is 9.72. The third kappa shape index (κ3) is 9.26. The van der Waals surface area contributed by atoms with Crippen molar-refractivity contribution in [1.29, 1.82) is 0 Å². The molecule has 0 fully saturated rings. The first-order valence-corrected chi connectivity index (χ1v) is 16.9. The Bertz CT molecular complexity index is 1640. The van der Waals surface area contributed by atoms with Crippen LogP contribution in [0.3, 0.4) is 0 Å². The van der Waals surface area contributed by atoms with E-state index >= 15 is 0 Å². The van der Waals surface area contributed by atoms with Gasteiger partial charge in [0.15, 0.2) is 0 Å². The van der Waals surface area contributed by atoms with Crippen molar-refractivity contribution in [2.75, 3.05) is 0 Å². The van der Waals surface area contributed by atoms with Gasteiger partial charge in [-0.2, -0.15) is 0 Å². The number of carboxylic acid groups (broad SMARTS) is 4. The normalized spacial score (nSPS) is 12.1. The van der Waals surface area contributed by atoms with Crippen molar-refractivity contribution in [2.45, 2.75) is 78.1 Å². The molecular formula is C42H48O8. The summed E-state index contributed by atoms with van der Waals surface area (Å²) in [7, 11) is 0. The molecule has 50 heavy (non-hydrogen) atoms. The number of rotatable bonds is 14. The second-order valence-electron chi connectivity index (χ2n) is 13.6. The first kappa shape index (κ1) is 39.2. The largest absolute Gasteiger partial charge is 0.478 e. The van der Waals surface area contributed by atoms with Gasteiger partial charge < -0.3 is 20.4 Å². The van der Waals surface area contributed by atoms with E-state index in [9.17, 15) is 19.2 Å². The lowest BCUT2D eigenvalue weighted by Crippen LogP contribution is -2.29. The number of hydrogen-bond donors (Lipinski definition) is 4. The molecule has 4 rings (SSSR count). The SMILES string of the molecule is CC(C)CC(C)(c1ccc(C(=O)O)cc1)c1ccc(C(=O)O)cc1.CCC(C)CC(CC)(c1ccc(C(=O)O)cc1)c1ccc(C(=O)O)cc1. The van der Waals surface area contributed by atoms with Gasteiger partial charge in [-0.3, -0.25) is 0 Å². The molecule has 0 aliphatic carbocycles. The van der Waals surface area contributed by atoms with Crippen molar-refractivity contribution in [3.05, 3.63) is 142 Å². The van der Waals surface area contributed by atoms with E-state index < -0.39 is 23.9 Å². The van der Waals surface area contributed by atoms with Crippen LogP contribution in [0.2, 0.25) is 0 Å². The zero-order valence-electron chi connectivity index (χ0n) is 29.6. The molecule has 4 aromatic rings. The Morgan fingerprint density at radius 3 is 1.00 bits per heavy atom. The average Bonchev–Trinajstić information content (AvgIpc) is 3.10. The summed E-state index contributed by atoms with van der Waals surface area (Å²) in [6.45, 7) is 12.9. The number of carboxylic acids is 4. The molecule has 0 heterocycles. The van der Waals surface area contributed by atoms with Crippen molar-refractivity contribution in [3.8, 4) is 0 Å². The Morgan fingerprint density at radius 1 is 0.500 bits per heavy atom. The van der Waals surface area contributed by atoms with Crippen LogP contribution in [0.1, 0.15) is 131 Å². The highest BCUT2D eigenvalue weighted by Gasteiger charge is 2.34. The minimum absolute atomic E-state index is 0.256. The molecule has 0 saturated carbocycles. The minimum atomic E-state index is -0.946. The van der Waals surface area contributed by atoms with E-state index in [1.54, 1.807) is 48.5 Å². The monoisotopic (exact) mass is 680 g/mol. The lowest BCUT2D eigenvalue weighted by Gasteiger charge is -2.36. The topological polar surface area (TPSA) is 149 Å². The summed E-state index contributed by atoms with van der Waals surface area (Å²) in [6.07, 6.45) is 3.67. The minimum Gasteiger partial charge on any atom is -0.478 e. The smallest absolute Gasteiger partial charge is 0.335 e. The van der Waals surface area contributed by atoms with E-state index in [1.807, 2.05) is 48.5 Å². The number of aromatic carboxylic acids is 4. The maximum Gasteiger partial charge on any atom is 0.335 e. The van der Waals surface area contributed by atoms with Crippen LogP contribution in [0.15, 0.2) is 97.1 Å². The fourth-order valence-electron chi connectivity index (χ4n) is 6.74. The van der Waals surface area contributed by atoms with E-state index in [-0.39, 0.29) is 33.1 Å². The van der Waals surface area contributed by atoms with Gasteiger partial charge in [0, 0.05) is 10.8 Å². The number of hydrogen-bond acceptors (Lipinski definition) is 4. The van der Waals surface area contributed by atoms with Gasteiger partial charge in [-0.05, 0) is 102 Å². The molecule has 1 unspecified atom stereocenters. The molecule has 0 spiro atoms. The van der Waals surface area contributed by atoms with Gasteiger partial charge in [0.1, 0.15) is 0 Å². The summed E-state index contributed by atoms with van der Waals surface area (Å²) in [5.41, 5.74) is 4.62. The van der Waals surface area contributed by atoms with Gasteiger partial charge in [-0.1, -0.05) is 96.5 Å². The van der Waals surface area contributed by atoms with E-state index in [0.29, 0.717) is 11.8 Å². The van der Waals surface area contributed by atoms with Crippen LogP contribution in [0.25, 0.3) is 0 Å². The van der Waals surface area contributed by atoms with Gasteiger partial charge in [0.05, 0.1) is 22.3 Å². The Hall–Kier alpha value is -5.24. The van der Waals surface area contributed by atoms with Gasteiger partial charge in [0.25, 0.3) is 0 Å². The second kappa shape index (κ2) is 16.9. The predicted octanol–water partition coefficient (Wildman–Crippen LogP) is 9.65. The highest BCUT2D eigenvalue weighted by molar-refractivity contribution is 5.89. The maximum atomic E-state index is 11.2. The summed E-state index contributed by atoms with van der Waals surface area (Å²) in [5.74, 6) is -2.87. The average molecular weight is 681 g/mol. The van der Waals surface area contributed by atoms with E-state index in [1.165, 1.54) is 0 Å². The second-order valence-corrected chi connectivity index (χ2v) is 13.6. The van der Waals surface area contributed by atoms with Crippen molar-refractivity contribution >= 4 is 23.9 Å². The zero-order valence-corrected chi connectivity index (χ0v) is 29.6. The van der Waals surface area contributed by atoms with Crippen molar-refractivity contribution in [3.63, 3.8) is 0 Å². The lowest BCUT2D eigenvalue weighted by atomic mass is 9.67. The van der Waals surface area contributed by atoms with Gasteiger partial charge >= 0.3 is 23.9 Å². The van der Waals surface area contributed by atoms with Crippen LogP contribution in [-0.2, 0) is 10.8 Å². The molecule has 0 amide bonds. The van der Waals surface area contributed by atoms with Crippen molar-refractivity contribution in [1.82, 2.24) is 0 Å². The predicted molar refractivity (Wildman–Crippen MR) is 195 cm³/mol. The molecular weight excluding hydrogens is 632 g/mol. The standard InChI is InChI=1S/C22H26O4.C20H22O4/c1-4-15(3)14-22(5-2,18-10-6-16(7-11-18)20(23)24)19-12-8-17(9-13-19)21(25)26;1-13(2)12-20(3,16-8-4-14(5-9-16)18(21)22)17-10-6-15(7-11-17)19(23)24/h6-13,15H,4-5,14H2,1-3H3,(H,23,24)(H,25,26);4-11,13H,12H2,1-3H3,(H,21,22)(H,23,24). The molecule has 0 saturated heterocycles. The first-order chi connectivity index (χ1) is 23.6. The highest BCUT2D eigenvalue weighted by Crippen LogP contribution is 2.42. The van der Waals surface area contributed by atoms with Gasteiger partial charge in [-0.25, -0.2) is 19.2 Å². The Balaban J connectivity index is 0.000000271. The summed E-state index contributed by atoms with van der Waals surface area (Å²) in [6, 6.07) is 28.0. The summed E-state index contributed by atoms with van der Waals surface area (Å²) >= 11 is 0. The van der Waals surface area contributed by atoms with Gasteiger partial charge in [-0.15, -0.1) is 0 Å². The van der Waals surface area contributed by atoms with Crippen LogP contribution in [0.5, 0.6) is 0 Å². The molecule has 0 bridgehead atoms. The Morgan fingerprint density at radius 2 is 0.780 bits per heavy atom. The molecule has 0 aliphatic rings. The summed E-state index contributed by atoms with van der Waals surface area (Å²) in [5, 5.41) is 36.5. The van der Waals surface area contributed by atoms with Crippen LogP contribution in [-0.4, -0.2) is 44.3 Å². The van der Waals surface area contributed by atoms with Crippen molar-refractivity contribution in [2.24, 2.45) is 11.8 Å². The van der Waals surface area contributed by atoms with Crippen LogP contribution in [0, 0.1) is 11.8 Å². The van der Waals surface area contributed by atoms with E-state index in [0.717, 1.165) is 47.9 Å². The van der Waals surface area contributed by atoms with Crippen LogP contribution < -0.4 is 0 Å². The molecule has 8 nitrogen and oxygen atoms in total. The van der Waals surface area contributed by atoms with Crippen LogP contribution >= 0.6 is 0 Å². The first-order valence-electron chi connectivity index (χ1n) is 16.9. The quantitative estimate of drug-likeness (QED) is 0.103. The molecule has 1 atom stereocenters. The van der Waals surface area contributed by atoms with Crippen molar-refractivity contribution < 1.29 is 39.6 Å². The molecule has 4 N–H and O–H groups in total. The van der Waals surface area contributed by atoms with E-state index in [2.05, 4.69) is 41.5 Å². The fourth-order valence-corrected chi connectivity index (χ4v) is 6.74. The number of carbonyl (C=O) groups is 4. The van der Waals surface area contributed by atoms with E-state index in [4.69, 9.17) is 20.4 Å². The summed E-state index contributed by atoms with van der Waals surface area (Å²) in [4.78, 5) is 44.5. The molecule has 264 valence electrons. The highest BCUT2D eigenvalue weighted by atomic mass is 16.4. The molecule has 4 aromatic carbocycles. The van der Waals surface area contributed by atoms with Gasteiger partial charge in [0.2, 0.25) is 0 Å². The lowest BCUT2D eigenvalue weighted by molar-refractivity contribution is 0.0686. The Labute approximate surface area is 294 Å². The molecule has 0 radical (unpaired) electrons. The maximum absolute atomic E-state index is 11.2. The molecule has 0 aliphatic heterocycles. The third-order valence-electron chi connectivity index (χ3n) is 9.72. The molecule has 0 aromatic heterocycles. The summed E-state index contributed by atoms with van der Waals surface area (Å²) < 4.78 is 0.